The predicted octanol–water partition coefficient (Wildman–Crippen LogP) is 3.51. The Morgan fingerprint density at radius 1 is 1.21 bits per heavy atom. The number of aromatic nitrogens is 1. The number of thiazole rings is 1. The predicted molar refractivity (Wildman–Crippen MR) is 69.6 cm³/mol. The van der Waals surface area contributed by atoms with Gasteiger partial charge in [-0.1, -0.05) is 6.92 Å². The number of aryl methyl sites for hydroxylation is 1. The highest BCUT2D eigenvalue weighted by Gasteiger charge is 2.15. The van der Waals surface area contributed by atoms with E-state index in [1.54, 1.807) is 0 Å². The molecule has 2 rings (SSSR count). The van der Waals surface area contributed by atoms with Crippen LogP contribution in [0.1, 0.15) is 17.5 Å². The maximum absolute atomic E-state index is 13.2. The molecule has 1 N–H and O–H groups in total. The molecule has 0 amide bonds. The zero-order valence-electron chi connectivity index (χ0n) is 10.6. The van der Waals surface area contributed by atoms with E-state index in [-0.39, 0.29) is 5.56 Å². The highest BCUT2D eigenvalue weighted by atomic mass is 32.1. The van der Waals surface area contributed by atoms with E-state index in [1.165, 1.54) is 11.3 Å². The average Bonchev–Trinajstić information content (AvgIpc) is 2.79. The van der Waals surface area contributed by atoms with Gasteiger partial charge in [0.1, 0.15) is 5.01 Å². The molecule has 0 aliphatic heterocycles. The molecule has 2 nitrogen and oxygen atoms in total. The monoisotopic (exact) mass is 286 g/mol. The van der Waals surface area contributed by atoms with Gasteiger partial charge < -0.3 is 5.32 Å². The zero-order chi connectivity index (χ0) is 14.0. The summed E-state index contributed by atoms with van der Waals surface area (Å²) >= 11 is 1.36. The first kappa shape index (κ1) is 14.0. The zero-order valence-corrected chi connectivity index (χ0v) is 11.4. The Morgan fingerprint density at radius 2 is 1.84 bits per heavy atom. The fourth-order valence-corrected chi connectivity index (χ4v) is 2.91. The van der Waals surface area contributed by atoms with Crippen LogP contribution in [0.15, 0.2) is 12.1 Å². The first-order valence-corrected chi connectivity index (χ1v) is 6.66. The van der Waals surface area contributed by atoms with E-state index in [4.69, 9.17) is 0 Å². The van der Waals surface area contributed by atoms with Crippen molar-refractivity contribution in [1.29, 1.82) is 0 Å². The highest BCUT2D eigenvalue weighted by molar-refractivity contribution is 7.15. The lowest BCUT2D eigenvalue weighted by Gasteiger charge is -1.99. The standard InChI is InChI=1S/C13H13F3N2S/c1-3-10-11(6-17-2)19-13(18-10)7-4-8(14)12(16)9(15)5-7/h4-5,17H,3,6H2,1-2H3. The third-order valence-corrected chi connectivity index (χ3v) is 3.83. The fourth-order valence-electron chi connectivity index (χ4n) is 1.76. The number of halogens is 3. The van der Waals surface area contributed by atoms with E-state index in [1.807, 2.05) is 14.0 Å². The Morgan fingerprint density at radius 3 is 2.37 bits per heavy atom. The molecule has 0 fully saturated rings. The van der Waals surface area contributed by atoms with Crippen molar-refractivity contribution in [2.24, 2.45) is 0 Å². The van der Waals surface area contributed by atoms with Gasteiger partial charge in [0.2, 0.25) is 0 Å². The van der Waals surface area contributed by atoms with Crippen molar-refractivity contribution in [3.63, 3.8) is 0 Å². The summed E-state index contributed by atoms with van der Waals surface area (Å²) < 4.78 is 39.3. The van der Waals surface area contributed by atoms with Gasteiger partial charge in [0.05, 0.1) is 5.69 Å². The number of rotatable bonds is 4. The Bertz CT molecular complexity index is 573. The van der Waals surface area contributed by atoms with Crippen LogP contribution in [0.2, 0.25) is 0 Å². The van der Waals surface area contributed by atoms with Crippen molar-refractivity contribution >= 4 is 11.3 Å². The van der Waals surface area contributed by atoms with E-state index >= 15 is 0 Å². The Kier molecular flexibility index (Phi) is 4.21. The van der Waals surface area contributed by atoms with Crippen molar-refractivity contribution in [3.05, 3.63) is 40.2 Å². The van der Waals surface area contributed by atoms with Gasteiger partial charge in [-0.05, 0) is 25.6 Å². The minimum Gasteiger partial charge on any atom is -0.315 e. The molecule has 0 saturated heterocycles. The van der Waals surface area contributed by atoms with Crippen LogP contribution < -0.4 is 5.32 Å². The van der Waals surface area contributed by atoms with Gasteiger partial charge in [0, 0.05) is 17.0 Å². The quantitative estimate of drug-likeness (QED) is 0.870. The van der Waals surface area contributed by atoms with Crippen LogP contribution in [0, 0.1) is 17.5 Å². The summed E-state index contributed by atoms with van der Waals surface area (Å²) in [5.41, 5.74) is 1.15. The lowest BCUT2D eigenvalue weighted by molar-refractivity contribution is 0.447. The van der Waals surface area contributed by atoms with Crippen LogP contribution in [0.5, 0.6) is 0 Å². The maximum atomic E-state index is 13.2. The van der Waals surface area contributed by atoms with Crippen molar-refractivity contribution in [2.45, 2.75) is 19.9 Å². The molecule has 0 bridgehead atoms. The maximum Gasteiger partial charge on any atom is 0.194 e. The molecular weight excluding hydrogens is 273 g/mol. The number of nitrogens with zero attached hydrogens (tertiary/aromatic N) is 1. The second-order valence-electron chi connectivity index (χ2n) is 4.03. The summed E-state index contributed by atoms with van der Waals surface area (Å²) in [5.74, 6) is -3.84. The molecule has 0 spiro atoms. The van der Waals surface area contributed by atoms with Gasteiger partial charge in [-0.25, -0.2) is 18.2 Å². The summed E-state index contributed by atoms with van der Waals surface area (Å²) in [6, 6.07) is 1.94. The van der Waals surface area contributed by atoms with Crippen molar-refractivity contribution in [2.75, 3.05) is 7.05 Å². The SMILES string of the molecule is CCc1nc(-c2cc(F)c(F)c(F)c2)sc1CNC. The molecule has 2 aromatic rings. The van der Waals surface area contributed by atoms with Crippen LogP contribution in [-0.2, 0) is 13.0 Å². The molecule has 19 heavy (non-hydrogen) atoms. The number of hydrogen-bond acceptors (Lipinski definition) is 3. The van der Waals surface area contributed by atoms with Crippen LogP contribution in [0.3, 0.4) is 0 Å². The molecule has 1 aromatic carbocycles. The van der Waals surface area contributed by atoms with Gasteiger partial charge in [-0.3, -0.25) is 0 Å². The third kappa shape index (κ3) is 2.79. The minimum atomic E-state index is -1.45. The molecule has 102 valence electrons. The summed E-state index contributed by atoms with van der Waals surface area (Å²) in [6.07, 6.45) is 0.736. The van der Waals surface area contributed by atoms with E-state index in [0.29, 0.717) is 11.6 Å². The number of benzene rings is 1. The van der Waals surface area contributed by atoms with E-state index in [0.717, 1.165) is 29.1 Å². The van der Waals surface area contributed by atoms with Gasteiger partial charge in [0.25, 0.3) is 0 Å². The molecule has 0 aliphatic rings. The largest absolute Gasteiger partial charge is 0.315 e. The summed E-state index contributed by atoms with van der Waals surface area (Å²) in [7, 11) is 1.82. The van der Waals surface area contributed by atoms with E-state index < -0.39 is 17.5 Å². The lowest BCUT2D eigenvalue weighted by Crippen LogP contribution is -2.05. The molecule has 0 aliphatic carbocycles. The second kappa shape index (κ2) is 5.71. The van der Waals surface area contributed by atoms with Crippen LogP contribution in [0.25, 0.3) is 10.6 Å². The van der Waals surface area contributed by atoms with Crippen LogP contribution >= 0.6 is 11.3 Å². The highest BCUT2D eigenvalue weighted by Crippen LogP contribution is 2.30. The fraction of sp³-hybridized carbons (Fsp3) is 0.308. The van der Waals surface area contributed by atoms with Gasteiger partial charge in [0.15, 0.2) is 17.5 Å². The first-order valence-electron chi connectivity index (χ1n) is 5.84. The topological polar surface area (TPSA) is 24.9 Å². The summed E-state index contributed by atoms with van der Waals surface area (Å²) in [4.78, 5) is 5.37. The normalized spacial score (nSPS) is 11.0. The molecule has 0 unspecified atom stereocenters. The summed E-state index contributed by atoms with van der Waals surface area (Å²) in [6.45, 7) is 2.61. The van der Waals surface area contributed by atoms with Crippen molar-refractivity contribution < 1.29 is 13.2 Å². The van der Waals surface area contributed by atoms with E-state index in [9.17, 15) is 13.2 Å². The number of hydrogen-bond donors (Lipinski definition) is 1. The van der Waals surface area contributed by atoms with Crippen molar-refractivity contribution in [1.82, 2.24) is 10.3 Å². The molecule has 0 radical (unpaired) electrons. The first-order chi connectivity index (χ1) is 9.06. The number of nitrogens with one attached hydrogen (secondary N) is 1. The van der Waals surface area contributed by atoms with Crippen LogP contribution in [0.4, 0.5) is 13.2 Å². The Hall–Kier alpha value is -1.40. The van der Waals surface area contributed by atoms with E-state index in [2.05, 4.69) is 10.3 Å². The average molecular weight is 286 g/mol. The molecule has 0 atom stereocenters. The minimum absolute atomic E-state index is 0.262. The molecule has 6 heteroatoms. The van der Waals surface area contributed by atoms with Gasteiger partial charge in [-0.15, -0.1) is 11.3 Å². The molecule has 1 heterocycles. The summed E-state index contributed by atoms with van der Waals surface area (Å²) in [5, 5.41) is 3.52. The Labute approximate surface area is 113 Å². The third-order valence-electron chi connectivity index (χ3n) is 2.68. The molecule has 1 aromatic heterocycles. The second-order valence-corrected chi connectivity index (χ2v) is 5.11. The molecular formula is C13H13F3N2S. The van der Waals surface area contributed by atoms with Gasteiger partial charge in [-0.2, -0.15) is 0 Å². The smallest absolute Gasteiger partial charge is 0.194 e. The van der Waals surface area contributed by atoms with Gasteiger partial charge >= 0.3 is 0 Å². The van der Waals surface area contributed by atoms with Crippen LogP contribution in [-0.4, -0.2) is 12.0 Å². The molecule has 0 saturated carbocycles. The van der Waals surface area contributed by atoms with Crippen molar-refractivity contribution in [3.8, 4) is 10.6 Å². The lowest BCUT2D eigenvalue weighted by atomic mass is 10.2. The Balaban J connectivity index is 2.47.